The number of hydrogen-bond donors (Lipinski definition) is 2. The van der Waals surface area contributed by atoms with Crippen molar-refractivity contribution in [2.45, 2.75) is 31.4 Å². The number of para-hydroxylation sites is 1. The smallest absolute Gasteiger partial charge is 0.246 e. The van der Waals surface area contributed by atoms with Gasteiger partial charge in [-0.3, -0.25) is 15.2 Å². The van der Waals surface area contributed by atoms with E-state index in [1.165, 1.54) is 12.3 Å². The molecule has 172 valence electrons. The molecule has 7 nitrogen and oxygen atoms in total. The second-order valence-electron chi connectivity index (χ2n) is 8.29. The quantitative estimate of drug-likeness (QED) is 0.482. The lowest BCUT2D eigenvalue weighted by molar-refractivity contribution is -0.127. The molecular weight excluding hydrogens is 426 g/mol. The molecule has 0 saturated carbocycles. The number of amides is 1. The molecule has 2 heterocycles. The summed E-state index contributed by atoms with van der Waals surface area (Å²) in [6, 6.07) is 11.8. The van der Waals surface area contributed by atoms with Crippen molar-refractivity contribution in [1.82, 2.24) is 9.88 Å². The third-order valence-corrected chi connectivity index (χ3v) is 5.97. The summed E-state index contributed by atoms with van der Waals surface area (Å²) in [7, 11) is 0. The summed E-state index contributed by atoms with van der Waals surface area (Å²) in [6.45, 7) is 4.79. The van der Waals surface area contributed by atoms with Crippen LogP contribution in [-0.2, 0) is 4.79 Å². The summed E-state index contributed by atoms with van der Waals surface area (Å²) < 4.78 is 5.98. The van der Waals surface area contributed by atoms with Gasteiger partial charge in [-0.1, -0.05) is 36.9 Å². The van der Waals surface area contributed by atoms with Gasteiger partial charge in [-0.25, -0.2) is 0 Å². The van der Waals surface area contributed by atoms with Crippen LogP contribution in [0.3, 0.4) is 0 Å². The first-order valence-electron chi connectivity index (χ1n) is 11.3. The lowest BCUT2D eigenvalue weighted by Gasteiger charge is -2.33. The molecule has 1 saturated heterocycles. The molecule has 2 aliphatic rings. The van der Waals surface area contributed by atoms with E-state index in [2.05, 4.69) is 22.9 Å². The molecule has 1 amide bonds. The molecular formula is C27H27N5O2. The summed E-state index contributed by atoms with van der Waals surface area (Å²) in [5.41, 5.74) is 2.55. The van der Waals surface area contributed by atoms with Crippen LogP contribution in [0.25, 0.3) is 0 Å². The van der Waals surface area contributed by atoms with Crippen LogP contribution in [0.2, 0.25) is 0 Å². The third kappa shape index (κ3) is 5.24. The van der Waals surface area contributed by atoms with Crippen molar-refractivity contribution in [3.05, 3.63) is 90.3 Å². The fourth-order valence-electron chi connectivity index (χ4n) is 4.22. The zero-order valence-corrected chi connectivity index (χ0v) is 18.9. The van der Waals surface area contributed by atoms with Crippen molar-refractivity contribution in [3.63, 3.8) is 0 Å². The number of likely N-dealkylation sites (tertiary alicyclic amines) is 1. The van der Waals surface area contributed by atoms with Gasteiger partial charge < -0.3 is 15.0 Å². The van der Waals surface area contributed by atoms with Crippen LogP contribution in [0.1, 0.15) is 30.4 Å². The lowest BCUT2D eigenvalue weighted by atomic mass is 9.94. The molecule has 1 fully saturated rings. The van der Waals surface area contributed by atoms with Crippen molar-refractivity contribution < 1.29 is 9.53 Å². The van der Waals surface area contributed by atoms with E-state index in [4.69, 9.17) is 10.1 Å². The van der Waals surface area contributed by atoms with Crippen LogP contribution in [0.5, 0.6) is 5.75 Å². The summed E-state index contributed by atoms with van der Waals surface area (Å²) in [6.07, 6.45) is 12.5. The van der Waals surface area contributed by atoms with Gasteiger partial charge in [0.15, 0.2) is 0 Å². The van der Waals surface area contributed by atoms with Crippen LogP contribution in [0, 0.1) is 16.7 Å². The Morgan fingerprint density at radius 2 is 2.15 bits per heavy atom. The molecule has 2 aromatic rings. The molecule has 1 aromatic heterocycles. The van der Waals surface area contributed by atoms with Gasteiger partial charge in [0, 0.05) is 43.5 Å². The van der Waals surface area contributed by atoms with Gasteiger partial charge in [0.05, 0.1) is 17.0 Å². The summed E-state index contributed by atoms with van der Waals surface area (Å²) in [5, 5.41) is 22.0. The number of rotatable bonds is 7. The maximum Gasteiger partial charge on any atom is 0.246 e. The molecule has 0 radical (unpaired) electrons. The number of carbonyl (C=O) groups excluding carboxylic acids is 1. The van der Waals surface area contributed by atoms with E-state index in [0.29, 0.717) is 36.3 Å². The number of anilines is 1. The van der Waals surface area contributed by atoms with Crippen LogP contribution >= 0.6 is 0 Å². The van der Waals surface area contributed by atoms with E-state index in [1.54, 1.807) is 11.1 Å². The normalized spacial score (nSPS) is 19.5. The van der Waals surface area contributed by atoms with Crippen LogP contribution in [0.4, 0.5) is 5.69 Å². The van der Waals surface area contributed by atoms with Gasteiger partial charge in [-0.15, -0.1) is 0 Å². The van der Waals surface area contributed by atoms with Crippen LogP contribution < -0.4 is 10.1 Å². The van der Waals surface area contributed by atoms with E-state index < -0.39 is 0 Å². The Labute approximate surface area is 199 Å². The molecule has 0 bridgehead atoms. The van der Waals surface area contributed by atoms with Crippen molar-refractivity contribution in [1.29, 1.82) is 10.7 Å². The molecule has 0 spiro atoms. The maximum atomic E-state index is 12.1. The molecule has 7 heteroatoms. The molecule has 1 aliphatic carbocycles. The summed E-state index contributed by atoms with van der Waals surface area (Å²) in [4.78, 5) is 18.0. The van der Waals surface area contributed by atoms with Gasteiger partial charge in [0.25, 0.3) is 0 Å². The molecule has 4 rings (SSSR count). The summed E-state index contributed by atoms with van der Waals surface area (Å²) in [5.74, 6) is 0.706. The largest absolute Gasteiger partial charge is 0.486 e. The predicted molar refractivity (Wildman–Crippen MR) is 132 cm³/mol. The monoisotopic (exact) mass is 453 g/mol. The zero-order chi connectivity index (χ0) is 23.9. The Kier molecular flexibility index (Phi) is 7.19. The number of hydrogen-bond acceptors (Lipinski definition) is 6. The van der Waals surface area contributed by atoms with Crippen molar-refractivity contribution in [2.24, 2.45) is 0 Å². The fraction of sp³-hybridized carbons (Fsp3) is 0.259. The minimum atomic E-state index is -0.101. The van der Waals surface area contributed by atoms with Crippen molar-refractivity contribution in [2.75, 3.05) is 18.4 Å². The predicted octanol–water partition coefficient (Wildman–Crippen LogP) is 4.24. The average Bonchev–Trinajstić information content (AvgIpc) is 2.89. The van der Waals surface area contributed by atoms with Gasteiger partial charge in [0.2, 0.25) is 5.91 Å². The Morgan fingerprint density at radius 1 is 1.32 bits per heavy atom. The molecule has 1 aromatic carbocycles. The highest BCUT2D eigenvalue weighted by Crippen LogP contribution is 2.27. The van der Waals surface area contributed by atoms with Gasteiger partial charge in [-0.2, -0.15) is 5.26 Å². The SMILES string of the molecule is C=CC(=O)N1CCCC(Nc2c(C#N)cncc2C(=N)C2=CCC(Oc3ccccc3)C=C2)C1. The Bertz CT molecular complexity index is 1180. The number of nitrogens with zero attached hydrogens (tertiary/aromatic N) is 3. The first kappa shape index (κ1) is 23.0. The van der Waals surface area contributed by atoms with E-state index in [9.17, 15) is 10.1 Å². The second kappa shape index (κ2) is 10.6. The van der Waals surface area contributed by atoms with Crippen LogP contribution in [-0.4, -0.2) is 46.7 Å². The highest BCUT2D eigenvalue weighted by atomic mass is 16.5. The number of benzene rings is 1. The van der Waals surface area contributed by atoms with Gasteiger partial charge >= 0.3 is 0 Å². The first-order chi connectivity index (χ1) is 16.6. The van der Waals surface area contributed by atoms with E-state index in [1.807, 2.05) is 48.6 Å². The molecule has 34 heavy (non-hydrogen) atoms. The first-order valence-corrected chi connectivity index (χ1v) is 11.3. The van der Waals surface area contributed by atoms with E-state index in [-0.39, 0.29) is 23.8 Å². The second-order valence-corrected chi connectivity index (χ2v) is 8.29. The van der Waals surface area contributed by atoms with E-state index >= 15 is 0 Å². The fourth-order valence-corrected chi connectivity index (χ4v) is 4.22. The van der Waals surface area contributed by atoms with E-state index in [0.717, 1.165) is 24.2 Å². The maximum absolute atomic E-state index is 12.1. The van der Waals surface area contributed by atoms with Crippen LogP contribution in [0.15, 0.2) is 79.2 Å². The minimum Gasteiger partial charge on any atom is -0.486 e. The third-order valence-electron chi connectivity index (χ3n) is 5.97. The van der Waals surface area contributed by atoms with Gasteiger partial charge in [-0.05, 0) is 42.7 Å². The molecule has 2 atom stereocenters. The van der Waals surface area contributed by atoms with Crippen molar-refractivity contribution >= 4 is 17.3 Å². The number of carbonyl (C=O) groups is 1. The highest BCUT2D eigenvalue weighted by Gasteiger charge is 2.25. The standard InChI is InChI=1S/C27H27N5O2/c1-2-25(33)32-14-6-7-21(18-32)31-27-20(15-28)16-30-17-24(27)26(29)19-10-12-23(13-11-19)34-22-8-4-3-5-9-22/h2-5,8-12,16-17,21,23,29H,1,6-7,13-14,18H2,(H,30,31). The number of allylic oxidation sites excluding steroid dienone is 2. The Hall–Kier alpha value is -4.18. The van der Waals surface area contributed by atoms with Gasteiger partial charge in [0.1, 0.15) is 17.9 Å². The number of aromatic nitrogens is 1. The Balaban J connectivity index is 1.50. The average molecular weight is 454 g/mol. The topological polar surface area (TPSA) is 102 Å². The number of nitrogens with one attached hydrogen (secondary N) is 2. The molecule has 2 unspecified atom stereocenters. The number of pyridine rings is 1. The Morgan fingerprint density at radius 3 is 2.85 bits per heavy atom. The summed E-state index contributed by atoms with van der Waals surface area (Å²) >= 11 is 0. The lowest BCUT2D eigenvalue weighted by Crippen LogP contribution is -2.44. The molecule has 2 N–H and O–H groups in total. The van der Waals surface area contributed by atoms with Crippen molar-refractivity contribution in [3.8, 4) is 11.8 Å². The number of ether oxygens (including phenoxy) is 1. The zero-order valence-electron chi connectivity index (χ0n) is 18.9. The highest BCUT2D eigenvalue weighted by molar-refractivity contribution is 6.15. The molecule has 1 aliphatic heterocycles. The minimum absolute atomic E-state index is 0.0294. The number of piperidine rings is 1. The number of nitriles is 1.